The number of anilines is 1. The number of carbonyl (C=O) groups excluding carboxylic acids is 2. The van der Waals surface area contributed by atoms with Gasteiger partial charge in [-0.2, -0.15) is 0 Å². The Labute approximate surface area is 192 Å². The molecule has 0 aliphatic heterocycles. The molecule has 3 aromatic rings. The first-order valence-corrected chi connectivity index (χ1v) is 10.3. The van der Waals surface area contributed by atoms with Gasteiger partial charge in [0.2, 0.25) is 5.91 Å². The lowest BCUT2D eigenvalue weighted by atomic mass is 10.1. The minimum Gasteiger partial charge on any atom is -0.496 e. The fourth-order valence-corrected chi connectivity index (χ4v) is 3.15. The minimum atomic E-state index is -0.403. The summed E-state index contributed by atoms with van der Waals surface area (Å²) in [5.41, 5.74) is 2.68. The first-order valence-electron chi connectivity index (χ1n) is 9.91. The zero-order valence-corrected chi connectivity index (χ0v) is 18.3. The molecule has 3 rings (SSSR count). The molecule has 0 fully saturated rings. The molecule has 0 atom stereocenters. The summed E-state index contributed by atoms with van der Waals surface area (Å²) in [6, 6.07) is 23.9. The Morgan fingerprint density at radius 2 is 1.62 bits per heavy atom. The fourth-order valence-electron chi connectivity index (χ4n) is 2.94. The van der Waals surface area contributed by atoms with Gasteiger partial charge in [0.1, 0.15) is 5.75 Å². The smallest absolute Gasteiger partial charge is 0.253 e. The molecule has 0 aliphatic carbocycles. The van der Waals surface area contributed by atoms with Gasteiger partial charge in [0.05, 0.1) is 18.4 Å². The number of hydrogen-bond donors (Lipinski definition) is 3. The van der Waals surface area contributed by atoms with Gasteiger partial charge in [-0.05, 0) is 42.1 Å². The van der Waals surface area contributed by atoms with E-state index in [9.17, 15) is 9.59 Å². The van der Waals surface area contributed by atoms with Gasteiger partial charge < -0.3 is 15.4 Å². The first kappa shape index (κ1) is 22.7. The third-order valence-electron chi connectivity index (χ3n) is 4.51. The summed E-state index contributed by atoms with van der Waals surface area (Å²) in [4.78, 5) is 24.9. The topological polar surface area (TPSA) is 79.5 Å². The van der Waals surface area contributed by atoms with Crippen molar-refractivity contribution in [2.75, 3.05) is 12.4 Å². The van der Waals surface area contributed by atoms with E-state index >= 15 is 0 Å². The molecule has 6 nitrogen and oxygen atoms in total. The molecule has 2 amide bonds. The number of benzene rings is 3. The van der Waals surface area contributed by atoms with Crippen LogP contribution in [0, 0.1) is 0 Å². The molecule has 0 bridgehead atoms. The van der Waals surface area contributed by atoms with Gasteiger partial charge in [-0.3, -0.25) is 14.9 Å². The lowest BCUT2D eigenvalue weighted by Gasteiger charge is -2.13. The standard InChI is InChI=1S/C25H23N3O3S/c1-31-22-14-8-5-11-19(22)15-16-23(29)28-25(32)27-21-13-7-6-12-20(21)24(30)26-17-18-9-3-2-4-10-18/h2-16H,17H2,1H3,(H,26,30)(H2,27,28,29,32). The fraction of sp³-hybridized carbons (Fsp3) is 0.0800. The van der Waals surface area contributed by atoms with Crippen LogP contribution < -0.4 is 20.7 Å². The summed E-state index contributed by atoms with van der Waals surface area (Å²) in [5, 5.41) is 8.48. The molecule has 0 aromatic heterocycles. The molecule has 7 heteroatoms. The molecule has 3 aromatic carbocycles. The van der Waals surface area contributed by atoms with Crippen molar-refractivity contribution in [3.8, 4) is 5.75 Å². The SMILES string of the molecule is COc1ccccc1C=CC(=O)NC(=S)Nc1ccccc1C(=O)NCc1ccccc1. The number of rotatable bonds is 7. The zero-order chi connectivity index (χ0) is 22.8. The highest BCUT2D eigenvalue weighted by Crippen LogP contribution is 2.18. The third kappa shape index (κ3) is 6.52. The molecule has 32 heavy (non-hydrogen) atoms. The number of ether oxygens (including phenoxy) is 1. The van der Waals surface area contributed by atoms with E-state index < -0.39 is 5.91 Å². The van der Waals surface area contributed by atoms with Crippen molar-refractivity contribution in [2.24, 2.45) is 0 Å². The molecule has 3 N–H and O–H groups in total. The summed E-state index contributed by atoms with van der Waals surface area (Å²) in [7, 11) is 1.57. The molecule has 0 unspecified atom stereocenters. The Morgan fingerprint density at radius 3 is 2.41 bits per heavy atom. The van der Waals surface area contributed by atoms with E-state index in [1.54, 1.807) is 37.5 Å². The van der Waals surface area contributed by atoms with Crippen LogP contribution >= 0.6 is 12.2 Å². The van der Waals surface area contributed by atoms with E-state index in [0.717, 1.165) is 11.1 Å². The normalized spacial score (nSPS) is 10.4. The van der Waals surface area contributed by atoms with E-state index in [-0.39, 0.29) is 11.0 Å². The van der Waals surface area contributed by atoms with Crippen LogP contribution in [0.2, 0.25) is 0 Å². The van der Waals surface area contributed by atoms with Crippen LogP contribution in [0.15, 0.2) is 84.9 Å². The second-order valence-corrected chi connectivity index (χ2v) is 7.14. The number of methoxy groups -OCH3 is 1. The number of para-hydroxylation sites is 2. The van der Waals surface area contributed by atoms with Crippen LogP contribution in [-0.4, -0.2) is 24.0 Å². The highest BCUT2D eigenvalue weighted by atomic mass is 32.1. The van der Waals surface area contributed by atoms with Crippen LogP contribution in [0.1, 0.15) is 21.5 Å². The Hall–Kier alpha value is -3.97. The van der Waals surface area contributed by atoms with Gasteiger partial charge in [-0.15, -0.1) is 0 Å². The Kier molecular flexibility index (Phi) is 8.11. The van der Waals surface area contributed by atoms with Crippen LogP contribution in [0.25, 0.3) is 6.08 Å². The van der Waals surface area contributed by atoms with Crippen LogP contribution in [0.3, 0.4) is 0 Å². The van der Waals surface area contributed by atoms with Crippen molar-refractivity contribution in [1.82, 2.24) is 10.6 Å². The maximum Gasteiger partial charge on any atom is 0.253 e. The highest BCUT2D eigenvalue weighted by Gasteiger charge is 2.12. The third-order valence-corrected chi connectivity index (χ3v) is 4.71. The van der Waals surface area contributed by atoms with Crippen molar-refractivity contribution >= 4 is 40.9 Å². The predicted octanol–water partition coefficient (Wildman–Crippen LogP) is 4.15. The van der Waals surface area contributed by atoms with E-state index in [4.69, 9.17) is 17.0 Å². The Balaban J connectivity index is 1.59. The molecule has 0 saturated heterocycles. The second-order valence-electron chi connectivity index (χ2n) is 6.73. The van der Waals surface area contributed by atoms with Crippen molar-refractivity contribution < 1.29 is 14.3 Å². The van der Waals surface area contributed by atoms with Crippen molar-refractivity contribution in [3.05, 3.63) is 102 Å². The summed E-state index contributed by atoms with van der Waals surface area (Å²) >= 11 is 5.25. The molecule has 0 aliphatic rings. The average molecular weight is 446 g/mol. The molecule has 0 heterocycles. The molecule has 162 valence electrons. The number of hydrogen-bond acceptors (Lipinski definition) is 4. The Bertz CT molecular complexity index is 1130. The van der Waals surface area contributed by atoms with Gasteiger partial charge in [0, 0.05) is 18.2 Å². The van der Waals surface area contributed by atoms with Gasteiger partial charge in [0.25, 0.3) is 5.91 Å². The molecule has 0 saturated carbocycles. The lowest BCUT2D eigenvalue weighted by molar-refractivity contribution is -0.115. The van der Waals surface area contributed by atoms with Crippen molar-refractivity contribution in [3.63, 3.8) is 0 Å². The summed E-state index contributed by atoms with van der Waals surface area (Å²) in [5.74, 6) is 0.00857. The zero-order valence-electron chi connectivity index (χ0n) is 17.5. The minimum absolute atomic E-state index is 0.0861. The number of amides is 2. The van der Waals surface area contributed by atoms with Crippen LogP contribution in [0.5, 0.6) is 5.75 Å². The van der Waals surface area contributed by atoms with Crippen molar-refractivity contribution in [1.29, 1.82) is 0 Å². The van der Waals surface area contributed by atoms with Gasteiger partial charge in [-0.1, -0.05) is 60.7 Å². The Morgan fingerprint density at radius 1 is 0.938 bits per heavy atom. The summed E-state index contributed by atoms with van der Waals surface area (Å²) < 4.78 is 5.26. The predicted molar refractivity (Wildman–Crippen MR) is 130 cm³/mol. The summed E-state index contributed by atoms with van der Waals surface area (Å²) in [6.45, 7) is 0.406. The molecular weight excluding hydrogens is 422 g/mol. The van der Waals surface area contributed by atoms with Gasteiger partial charge in [0.15, 0.2) is 5.11 Å². The maximum absolute atomic E-state index is 12.7. The molecule has 0 spiro atoms. The van der Waals surface area contributed by atoms with Crippen LogP contribution in [0.4, 0.5) is 5.69 Å². The molecule has 0 radical (unpaired) electrons. The highest BCUT2D eigenvalue weighted by molar-refractivity contribution is 7.80. The van der Waals surface area contributed by atoms with Gasteiger partial charge in [-0.25, -0.2) is 0 Å². The number of thiocarbonyl (C=S) groups is 1. The van der Waals surface area contributed by atoms with E-state index in [2.05, 4.69) is 16.0 Å². The number of nitrogens with one attached hydrogen (secondary N) is 3. The van der Waals surface area contributed by atoms with E-state index in [1.807, 2.05) is 54.6 Å². The summed E-state index contributed by atoms with van der Waals surface area (Å²) in [6.07, 6.45) is 3.01. The number of carbonyl (C=O) groups is 2. The lowest BCUT2D eigenvalue weighted by Crippen LogP contribution is -2.33. The monoisotopic (exact) mass is 445 g/mol. The largest absolute Gasteiger partial charge is 0.496 e. The average Bonchev–Trinajstić information content (AvgIpc) is 2.82. The second kappa shape index (κ2) is 11.4. The van der Waals surface area contributed by atoms with E-state index in [0.29, 0.717) is 23.5 Å². The van der Waals surface area contributed by atoms with Crippen LogP contribution in [-0.2, 0) is 11.3 Å². The maximum atomic E-state index is 12.7. The molecular formula is C25H23N3O3S. The first-order chi connectivity index (χ1) is 15.6. The quantitative estimate of drug-likeness (QED) is 0.376. The van der Waals surface area contributed by atoms with E-state index in [1.165, 1.54) is 6.08 Å². The van der Waals surface area contributed by atoms with Gasteiger partial charge >= 0.3 is 0 Å². The van der Waals surface area contributed by atoms with Crippen molar-refractivity contribution in [2.45, 2.75) is 6.54 Å².